The zero-order valence-corrected chi connectivity index (χ0v) is 14.4. The Balaban J connectivity index is 2.57. The maximum absolute atomic E-state index is 12.5. The van der Waals surface area contributed by atoms with E-state index in [9.17, 15) is 13.2 Å². The van der Waals surface area contributed by atoms with E-state index in [4.69, 9.17) is 10.5 Å². The zero-order valence-electron chi connectivity index (χ0n) is 13.6. The van der Waals surface area contributed by atoms with E-state index in [1.54, 1.807) is 0 Å². The summed E-state index contributed by atoms with van der Waals surface area (Å²) in [6.07, 6.45) is 2.89. The van der Waals surface area contributed by atoms with E-state index in [1.165, 1.54) is 4.31 Å². The van der Waals surface area contributed by atoms with Crippen molar-refractivity contribution in [2.24, 2.45) is 5.73 Å². The van der Waals surface area contributed by atoms with Crippen molar-refractivity contribution in [3.63, 3.8) is 0 Å². The largest absolute Gasteiger partial charge is 0.378 e. The van der Waals surface area contributed by atoms with E-state index in [0.29, 0.717) is 19.6 Å². The zero-order chi connectivity index (χ0) is 16.6. The van der Waals surface area contributed by atoms with Crippen LogP contribution in [0.25, 0.3) is 0 Å². The van der Waals surface area contributed by atoms with Gasteiger partial charge < -0.3 is 15.8 Å². The summed E-state index contributed by atoms with van der Waals surface area (Å²) in [5.74, 6) is -0.146. The fourth-order valence-corrected chi connectivity index (χ4v) is 4.08. The second-order valence-corrected chi connectivity index (χ2v) is 7.88. The summed E-state index contributed by atoms with van der Waals surface area (Å²) in [4.78, 5) is 11.5. The highest BCUT2D eigenvalue weighted by Crippen LogP contribution is 2.20. The molecular formula is C14H29N3O4S. The predicted octanol–water partition coefficient (Wildman–Crippen LogP) is 0.0607. The number of sulfonamides is 1. The summed E-state index contributed by atoms with van der Waals surface area (Å²) < 4.78 is 31.8. The minimum atomic E-state index is -3.36. The molecule has 0 bridgehead atoms. The van der Waals surface area contributed by atoms with Crippen molar-refractivity contribution in [2.45, 2.75) is 51.7 Å². The van der Waals surface area contributed by atoms with Crippen molar-refractivity contribution in [2.75, 3.05) is 32.0 Å². The standard InChI is InChI=1S/C14H29N3O4S/c1-12(2)21-9-10-22(19,20)17-8-4-3-5-13(17)11-16-14(18)6-7-15/h12-13H,3-11,15H2,1-2H3,(H,16,18). The van der Waals surface area contributed by atoms with Crippen LogP contribution in [-0.2, 0) is 19.6 Å². The molecule has 1 unspecified atom stereocenters. The average Bonchev–Trinajstić information content (AvgIpc) is 2.45. The molecule has 0 aliphatic carbocycles. The van der Waals surface area contributed by atoms with Gasteiger partial charge in [-0.05, 0) is 26.7 Å². The fraction of sp³-hybridized carbons (Fsp3) is 0.929. The summed E-state index contributed by atoms with van der Waals surface area (Å²) in [6.45, 7) is 5.12. The number of rotatable bonds is 9. The van der Waals surface area contributed by atoms with Crippen LogP contribution >= 0.6 is 0 Å². The quantitative estimate of drug-likeness (QED) is 0.620. The molecule has 0 aromatic carbocycles. The van der Waals surface area contributed by atoms with Gasteiger partial charge in [0.25, 0.3) is 0 Å². The third kappa shape index (κ3) is 6.60. The fourth-order valence-electron chi connectivity index (χ4n) is 2.50. The highest BCUT2D eigenvalue weighted by molar-refractivity contribution is 7.89. The van der Waals surface area contributed by atoms with Gasteiger partial charge in [-0.15, -0.1) is 0 Å². The van der Waals surface area contributed by atoms with Crippen molar-refractivity contribution in [1.82, 2.24) is 9.62 Å². The SMILES string of the molecule is CC(C)OCCS(=O)(=O)N1CCCCC1CNC(=O)CCN. The maximum Gasteiger partial charge on any atom is 0.221 e. The molecule has 0 aromatic heterocycles. The van der Waals surface area contributed by atoms with E-state index >= 15 is 0 Å². The molecular weight excluding hydrogens is 306 g/mol. The van der Waals surface area contributed by atoms with Crippen LogP contribution in [0.1, 0.15) is 39.5 Å². The molecule has 0 radical (unpaired) electrons. The highest BCUT2D eigenvalue weighted by atomic mass is 32.2. The van der Waals surface area contributed by atoms with Gasteiger partial charge in [0, 0.05) is 32.1 Å². The molecule has 130 valence electrons. The second-order valence-electron chi connectivity index (χ2n) is 5.84. The third-order valence-electron chi connectivity index (χ3n) is 3.63. The second kappa shape index (κ2) is 9.44. The molecule has 1 heterocycles. The van der Waals surface area contributed by atoms with Crippen molar-refractivity contribution < 1.29 is 17.9 Å². The molecule has 8 heteroatoms. The number of piperidine rings is 1. The first-order valence-corrected chi connectivity index (χ1v) is 9.55. The molecule has 1 aliphatic heterocycles. The normalized spacial score (nSPS) is 20.3. The van der Waals surface area contributed by atoms with Crippen LogP contribution in [0, 0.1) is 0 Å². The van der Waals surface area contributed by atoms with E-state index < -0.39 is 10.0 Å². The van der Waals surface area contributed by atoms with E-state index in [2.05, 4.69) is 5.32 Å². The number of nitrogens with two attached hydrogens (primary N) is 1. The smallest absolute Gasteiger partial charge is 0.221 e. The van der Waals surface area contributed by atoms with Gasteiger partial charge in [0.15, 0.2) is 0 Å². The lowest BCUT2D eigenvalue weighted by molar-refractivity contribution is -0.121. The molecule has 0 aromatic rings. The van der Waals surface area contributed by atoms with Gasteiger partial charge in [-0.25, -0.2) is 8.42 Å². The van der Waals surface area contributed by atoms with E-state index in [-0.39, 0.29) is 36.8 Å². The third-order valence-corrected chi connectivity index (χ3v) is 5.51. The number of carbonyl (C=O) groups excluding carboxylic acids is 1. The monoisotopic (exact) mass is 335 g/mol. The van der Waals surface area contributed by atoms with Crippen LogP contribution in [0.15, 0.2) is 0 Å². The van der Waals surface area contributed by atoms with Crippen LogP contribution < -0.4 is 11.1 Å². The topological polar surface area (TPSA) is 102 Å². The Morgan fingerprint density at radius 1 is 1.41 bits per heavy atom. The predicted molar refractivity (Wildman–Crippen MR) is 85.9 cm³/mol. The summed E-state index contributed by atoms with van der Waals surface area (Å²) in [5.41, 5.74) is 5.33. The number of carbonyl (C=O) groups is 1. The summed E-state index contributed by atoms with van der Waals surface area (Å²) >= 11 is 0. The Kier molecular flexibility index (Phi) is 8.30. The van der Waals surface area contributed by atoms with Gasteiger partial charge in [0.2, 0.25) is 15.9 Å². The Hall–Kier alpha value is -0.700. The Bertz CT molecular complexity index is 439. The average molecular weight is 335 g/mol. The molecule has 0 saturated carbocycles. The van der Waals surface area contributed by atoms with Gasteiger partial charge in [0.05, 0.1) is 18.5 Å². The van der Waals surface area contributed by atoms with Crippen LogP contribution in [0.3, 0.4) is 0 Å². The lowest BCUT2D eigenvalue weighted by Gasteiger charge is -2.34. The van der Waals surface area contributed by atoms with Crippen molar-refractivity contribution in [1.29, 1.82) is 0 Å². The molecule has 1 aliphatic rings. The molecule has 1 atom stereocenters. The van der Waals surface area contributed by atoms with Crippen molar-refractivity contribution >= 4 is 15.9 Å². The molecule has 1 rings (SSSR count). The lowest BCUT2D eigenvalue weighted by atomic mass is 10.1. The number of hydrogen-bond acceptors (Lipinski definition) is 5. The Labute approximate surface area is 133 Å². The Morgan fingerprint density at radius 2 is 2.14 bits per heavy atom. The van der Waals surface area contributed by atoms with Crippen molar-refractivity contribution in [3.05, 3.63) is 0 Å². The molecule has 7 nitrogen and oxygen atoms in total. The molecule has 3 N–H and O–H groups in total. The summed E-state index contributed by atoms with van der Waals surface area (Å²) in [6, 6.07) is -0.167. The van der Waals surface area contributed by atoms with Crippen LogP contribution in [-0.4, -0.2) is 62.8 Å². The lowest BCUT2D eigenvalue weighted by Crippen LogP contribution is -2.50. The first-order valence-electron chi connectivity index (χ1n) is 7.94. The number of nitrogens with zero attached hydrogens (tertiary/aromatic N) is 1. The van der Waals surface area contributed by atoms with Gasteiger partial charge in [-0.3, -0.25) is 4.79 Å². The first kappa shape index (κ1) is 19.3. The maximum atomic E-state index is 12.5. The number of ether oxygens (including phenoxy) is 1. The van der Waals surface area contributed by atoms with Gasteiger partial charge in [-0.2, -0.15) is 4.31 Å². The molecule has 1 amide bonds. The number of hydrogen-bond donors (Lipinski definition) is 2. The Morgan fingerprint density at radius 3 is 2.77 bits per heavy atom. The van der Waals surface area contributed by atoms with Crippen LogP contribution in [0.4, 0.5) is 0 Å². The van der Waals surface area contributed by atoms with Crippen LogP contribution in [0.5, 0.6) is 0 Å². The van der Waals surface area contributed by atoms with Gasteiger partial charge in [-0.1, -0.05) is 6.42 Å². The molecule has 0 spiro atoms. The summed E-state index contributed by atoms with van der Waals surface area (Å²) in [5, 5.41) is 2.77. The van der Waals surface area contributed by atoms with Gasteiger partial charge >= 0.3 is 0 Å². The molecule has 22 heavy (non-hydrogen) atoms. The van der Waals surface area contributed by atoms with Crippen LogP contribution in [0.2, 0.25) is 0 Å². The number of nitrogens with one attached hydrogen (secondary N) is 1. The molecule has 1 fully saturated rings. The highest BCUT2D eigenvalue weighted by Gasteiger charge is 2.32. The first-order chi connectivity index (χ1) is 10.4. The van der Waals surface area contributed by atoms with Crippen molar-refractivity contribution in [3.8, 4) is 0 Å². The van der Waals surface area contributed by atoms with E-state index in [0.717, 1.165) is 19.3 Å². The molecule has 1 saturated heterocycles. The van der Waals surface area contributed by atoms with E-state index in [1.807, 2.05) is 13.8 Å². The minimum absolute atomic E-state index is 0.0154. The summed E-state index contributed by atoms with van der Waals surface area (Å²) in [7, 11) is -3.36. The number of amides is 1. The minimum Gasteiger partial charge on any atom is -0.378 e. The van der Waals surface area contributed by atoms with Gasteiger partial charge in [0.1, 0.15) is 0 Å².